The number of hydrogen-bond donors (Lipinski definition) is 1. The third-order valence-corrected chi connectivity index (χ3v) is 8.76. The summed E-state index contributed by atoms with van der Waals surface area (Å²) in [6.07, 6.45) is 4.45. The molecule has 0 aliphatic carbocycles. The second-order valence-corrected chi connectivity index (χ2v) is 12.2. The van der Waals surface area contributed by atoms with E-state index in [1.165, 1.54) is 4.31 Å². The number of aromatic nitrogens is 1. The normalized spacial score (nSPS) is 15.0. The minimum atomic E-state index is -3.25. The van der Waals surface area contributed by atoms with E-state index in [9.17, 15) is 13.2 Å². The molecule has 0 atom stereocenters. The SMILES string of the molecule is O=C(Nc1ccc(N2CCCS2(=O)=O)cc1)c1cc(/C=C/c2ccc(Br)cc2)nc2ccc(Br)cc12. The standard InChI is InChI=1S/C27H21Br2N3O3S/c28-19-5-2-18(3-6-19)4-8-22-17-25(24-16-20(29)7-13-26(24)30-22)27(33)31-21-9-11-23(12-10-21)32-14-1-15-36(32,34)35/h2-13,16-17H,1,14-15H2,(H,31,33)/b8-4+. The Kier molecular flexibility index (Phi) is 6.96. The van der Waals surface area contributed by atoms with Gasteiger partial charge in [0, 0.05) is 26.6 Å². The number of carbonyl (C=O) groups is 1. The zero-order valence-corrected chi connectivity index (χ0v) is 23.0. The van der Waals surface area contributed by atoms with E-state index in [-0.39, 0.29) is 11.7 Å². The fourth-order valence-electron chi connectivity index (χ4n) is 4.09. The maximum atomic E-state index is 13.4. The van der Waals surface area contributed by atoms with Crippen LogP contribution in [0.2, 0.25) is 0 Å². The summed E-state index contributed by atoms with van der Waals surface area (Å²) in [5.41, 5.74) is 4.05. The summed E-state index contributed by atoms with van der Waals surface area (Å²) in [4.78, 5) is 18.1. The summed E-state index contributed by atoms with van der Waals surface area (Å²) in [6, 6.07) is 22.2. The number of sulfonamides is 1. The molecule has 9 heteroatoms. The van der Waals surface area contributed by atoms with Crippen molar-refractivity contribution in [3.8, 4) is 0 Å². The zero-order valence-electron chi connectivity index (χ0n) is 19.0. The van der Waals surface area contributed by atoms with Crippen molar-refractivity contribution in [3.63, 3.8) is 0 Å². The number of pyridine rings is 1. The zero-order chi connectivity index (χ0) is 25.3. The molecule has 0 radical (unpaired) electrons. The van der Waals surface area contributed by atoms with Gasteiger partial charge in [0.2, 0.25) is 10.0 Å². The molecule has 0 saturated carbocycles. The molecule has 182 valence electrons. The maximum Gasteiger partial charge on any atom is 0.256 e. The average Bonchev–Trinajstić information content (AvgIpc) is 3.22. The summed E-state index contributed by atoms with van der Waals surface area (Å²) in [7, 11) is -3.25. The molecule has 1 amide bonds. The van der Waals surface area contributed by atoms with Crippen LogP contribution in [0.5, 0.6) is 0 Å². The molecule has 2 heterocycles. The van der Waals surface area contributed by atoms with Crippen molar-refractivity contribution in [2.24, 2.45) is 0 Å². The van der Waals surface area contributed by atoms with Gasteiger partial charge >= 0.3 is 0 Å². The van der Waals surface area contributed by atoms with Gasteiger partial charge in [-0.3, -0.25) is 9.10 Å². The van der Waals surface area contributed by atoms with Crippen LogP contribution in [0.3, 0.4) is 0 Å². The van der Waals surface area contributed by atoms with Gasteiger partial charge < -0.3 is 5.32 Å². The average molecular weight is 627 g/mol. The highest BCUT2D eigenvalue weighted by Crippen LogP contribution is 2.27. The molecule has 3 aromatic carbocycles. The number of anilines is 2. The minimum absolute atomic E-state index is 0.161. The molecule has 5 rings (SSSR count). The smallest absolute Gasteiger partial charge is 0.256 e. The molecule has 36 heavy (non-hydrogen) atoms. The Morgan fingerprint density at radius 1 is 0.917 bits per heavy atom. The molecule has 0 unspecified atom stereocenters. The van der Waals surface area contributed by atoms with E-state index in [4.69, 9.17) is 4.98 Å². The van der Waals surface area contributed by atoms with Gasteiger partial charge in [-0.15, -0.1) is 0 Å². The molecule has 1 aromatic heterocycles. The predicted octanol–water partition coefficient (Wildman–Crippen LogP) is 6.72. The fraction of sp³-hybridized carbons (Fsp3) is 0.111. The highest BCUT2D eigenvalue weighted by molar-refractivity contribution is 9.10. The molecule has 4 aromatic rings. The lowest BCUT2D eigenvalue weighted by Gasteiger charge is -2.17. The van der Waals surface area contributed by atoms with E-state index in [1.54, 1.807) is 30.3 Å². The van der Waals surface area contributed by atoms with E-state index < -0.39 is 10.0 Å². The van der Waals surface area contributed by atoms with E-state index in [0.717, 1.165) is 19.9 Å². The summed E-state index contributed by atoms with van der Waals surface area (Å²) in [5.74, 6) is -0.116. The molecule has 0 bridgehead atoms. The Bertz CT molecular complexity index is 1590. The molecule has 6 nitrogen and oxygen atoms in total. The van der Waals surface area contributed by atoms with E-state index in [2.05, 4.69) is 37.2 Å². The van der Waals surface area contributed by atoms with Crippen LogP contribution in [0, 0.1) is 0 Å². The Morgan fingerprint density at radius 3 is 2.33 bits per heavy atom. The van der Waals surface area contributed by atoms with Crippen LogP contribution in [-0.2, 0) is 10.0 Å². The molecule has 1 fully saturated rings. The van der Waals surface area contributed by atoms with E-state index in [0.29, 0.717) is 41.1 Å². The van der Waals surface area contributed by atoms with Crippen LogP contribution >= 0.6 is 31.9 Å². The summed E-state index contributed by atoms with van der Waals surface area (Å²) in [5, 5.41) is 3.66. The number of halogens is 2. The summed E-state index contributed by atoms with van der Waals surface area (Å²) < 4.78 is 27.6. The summed E-state index contributed by atoms with van der Waals surface area (Å²) >= 11 is 6.93. The second-order valence-electron chi connectivity index (χ2n) is 8.38. The number of benzene rings is 3. The van der Waals surface area contributed by atoms with Crippen LogP contribution in [-0.4, -0.2) is 31.6 Å². The first-order valence-corrected chi connectivity index (χ1v) is 14.4. The van der Waals surface area contributed by atoms with Crippen molar-refractivity contribution in [2.45, 2.75) is 6.42 Å². The number of rotatable bonds is 5. The van der Waals surface area contributed by atoms with Crippen LogP contribution in [0.25, 0.3) is 23.1 Å². The van der Waals surface area contributed by atoms with Crippen molar-refractivity contribution in [2.75, 3.05) is 21.9 Å². The Morgan fingerprint density at radius 2 is 1.64 bits per heavy atom. The van der Waals surface area contributed by atoms with Crippen LogP contribution in [0.15, 0.2) is 81.7 Å². The van der Waals surface area contributed by atoms with Gasteiger partial charge in [0.1, 0.15) is 0 Å². The second kappa shape index (κ2) is 10.2. The first kappa shape index (κ1) is 24.7. The quantitative estimate of drug-likeness (QED) is 0.267. The highest BCUT2D eigenvalue weighted by Gasteiger charge is 2.28. The predicted molar refractivity (Wildman–Crippen MR) is 153 cm³/mol. The molecule has 0 spiro atoms. The van der Waals surface area contributed by atoms with Gasteiger partial charge in [-0.1, -0.05) is 50.1 Å². The number of carbonyl (C=O) groups excluding carboxylic acids is 1. The monoisotopic (exact) mass is 625 g/mol. The van der Waals surface area contributed by atoms with Crippen LogP contribution in [0.1, 0.15) is 28.0 Å². The fourth-order valence-corrected chi connectivity index (χ4v) is 6.28. The van der Waals surface area contributed by atoms with Gasteiger partial charge in [-0.2, -0.15) is 0 Å². The number of nitrogens with zero attached hydrogens (tertiary/aromatic N) is 2. The van der Waals surface area contributed by atoms with Gasteiger partial charge in [0.15, 0.2) is 0 Å². The highest BCUT2D eigenvalue weighted by atomic mass is 79.9. The first-order valence-electron chi connectivity index (χ1n) is 11.2. The first-order chi connectivity index (χ1) is 17.3. The number of fused-ring (bicyclic) bond motifs is 1. The number of hydrogen-bond acceptors (Lipinski definition) is 4. The van der Waals surface area contributed by atoms with Gasteiger partial charge in [-0.25, -0.2) is 13.4 Å². The maximum absolute atomic E-state index is 13.4. The van der Waals surface area contributed by atoms with Crippen molar-refractivity contribution >= 4 is 82.2 Å². The van der Waals surface area contributed by atoms with Gasteiger partial charge in [0.05, 0.1) is 28.2 Å². The van der Waals surface area contributed by atoms with E-state index in [1.807, 2.05) is 54.6 Å². The molecule has 1 saturated heterocycles. The molecule has 1 N–H and O–H groups in total. The molecule has 1 aliphatic heterocycles. The molecular formula is C27H21Br2N3O3S. The Labute approximate surface area is 226 Å². The lowest BCUT2D eigenvalue weighted by molar-refractivity contribution is 0.102. The lowest BCUT2D eigenvalue weighted by atomic mass is 10.1. The van der Waals surface area contributed by atoms with Gasteiger partial charge in [-0.05, 0) is 78.7 Å². The summed E-state index contributed by atoms with van der Waals surface area (Å²) in [6.45, 7) is 0.475. The van der Waals surface area contributed by atoms with Crippen LogP contribution < -0.4 is 9.62 Å². The van der Waals surface area contributed by atoms with Crippen molar-refractivity contribution < 1.29 is 13.2 Å². The van der Waals surface area contributed by atoms with Gasteiger partial charge in [0.25, 0.3) is 5.91 Å². The van der Waals surface area contributed by atoms with Crippen molar-refractivity contribution in [1.29, 1.82) is 0 Å². The Hall–Kier alpha value is -3.01. The number of amides is 1. The van der Waals surface area contributed by atoms with Crippen LogP contribution in [0.4, 0.5) is 11.4 Å². The van der Waals surface area contributed by atoms with E-state index >= 15 is 0 Å². The topological polar surface area (TPSA) is 79.4 Å². The third kappa shape index (κ3) is 5.38. The Balaban J connectivity index is 1.44. The molecule has 1 aliphatic rings. The largest absolute Gasteiger partial charge is 0.322 e. The number of nitrogens with one attached hydrogen (secondary N) is 1. The van der Waals surface area contributed by atoms with Crippen molar-refractivity contribution in [1.82, 2.24) is 4.98 Å². The third-order valence-electron chi connectivity index (χ3n) is 5.86. The van der Waals surface area contributed by atoms with Crippen molar-refractivity contribution in [3.05, 3.63) is 98.6 Å². The minimum Gasteiger partial charge on any atom is -0.322 e. The lowest BCUT2D eigenvalue weighted by Crippen LogP contribution is -2.25. The molecular weight excluding hydrogens is 606 g/mol.